The van der Waals surface area contributed by atoms with Crippen LogP contribution in [0.25, 0.3) is 0 Å². The first-order valence-corrected chi connectivity index (χ1v) is 9.51. The van der Waals surface area contributed by atoms with Crippen LogP contribution in [-0.4, -0.2) is 67.3 Å². The first-order valence-electron chi connectivity index (χ1n) is 9.51. The molecule has 2 atom stereocenters. The second kappa shape index (κ2) is 7.84. The molecule has 0 unspecified atom stereocenters. The molecule has 0 radical (unpaired) electrons. The second-order valence-electron chi connectivity index (χ2n) is 7.84. The number of fused-ring (bicyclic) bond motifs is 1. The minimum absolute atomic E-state index is 0.181. The Bertz CT molecular complexity index is 382. The topological polar surface area (TPSA) is 44.8 Å². The maximum Gasteiger partial charge on any atom is 0.317 e. The van der Waals surface area contributed by atoms with Gasteiger partial charge in [-0.25, -0.2) is 4.79 Å². The Morgan fingerprint density at radius 3 is 2.39 bits per heavy atom. The molecule has 3 rings (SSSR count). The summed E-state index contributed by atoms with van der Waals surface area (Å²) in [4.78, 5) is 17.0. The van der Waals surface area contributed by atoms with Gasteiger partial charge >= 0.3 is 6.03 Å². The summed E-state index contributed by atoms with van der Waals surface area (Å²) in [6.07, 6.45) is 6.45. The number of carbonyl (C=O) groups is 1. The number of piperidine rings is 1. The van der Waals surface area contributed by atoms with E-state index in [9.17, 15) is 4.79 Å². The average molecular weight is 323 g/mol. The smallest absolute Gasteiger partial charge is 0.317 e. The maximum absolute atomic E-state index is 12.5. The van der Waals surface area contributed by atoms with Gasteiger partial charge < -0.3 is 19.9 Å². The maximum atomic E-state index is 12.5. The molecule has 5 heteroatoms. The average Bonchev–Trinajstić information content (AvgIpc) is 3.10. The highest BCUT2D eigenvalue weighted by Gasteiger charge is 2.38. The van der Waals surface area contributed by atoms with Gasteiger partial charge in [-0.2, -0.15) is 0 Å². The summed E-state index contributed by atoms with van der Waals surface area (Å²) < 4.78 is 5.62. The molecule has 2 saturated heterocycles. The fourth-order valence-corrected chi connectivity index (χ4v) is 4.39. The van der Waals surface area contributed by atoms with Crippen molar-refractivity contribution >= 4 is 6.03 Å². The van der Waals surface area contributed by atoms with Crippen molar-refractivity contribution in [2.45, 2.75) is 58.1 Å². The summed E-state index contributed by atoms with van der Waals surface area (Å²) in [6.45, 7) is 10.1. The van der Waals surface area contributed by atoms with Gasteiger partial charge in [-0.15, -0.1) is 0 Å². The predicted molar refractivity (Wildman–Crippen MR) is 91.5 cm³/mol. The van der Waals surface area contributed by atoms with Crippen LogP contribution in [0.3, 0.4) is 0 Å². The van der Waals surface area contributed by atoms with Gasteiger partial charge in [0.15, 0.2) is 0 Å². The molecule has 2 amide bonds. The molecule has 2 aliphatic heterocycles. The van der Waals surface area contributed by atoms with Gasteiger partial charge in [0.05, 0.1) is 12.7 Å². The van der Waals surface area contributed by atoms with Crippen molar-refractivity contribution in [3.8, 4) is 0 Å². The first-order chi connectivity index (χ1) is 11.1. The van der Waals surface area contributed by atoms with Crippen LogP contribution in [0.5, 0.6) is 0 Å². The van der Waals surface area contributed by atoms with Crippen LogP contribution in [0.15, 0.2) is 0 Å². The summed E-state index contributed by atoms with van der Waals surface area (Å²) in [5.41, 5.74) is 0. The molecule has 23 heavy (non-hydrogen) atoms. The van der Waals surface area contributed by atoms with Gasteiger partial charge in [0.2, 0.25) is 0 Å². The van der Waals surface area contributed by atoms with E-state index in [2.05, 4.69) is 29.0 Å². The minimum atomic E-state index is 0.181. The molecule has 0 aromatic heterocycles. The largest absolute Gasteiger partial charge is 0.377 e. The lowest BCUT2D eigenvalue weighted by Gasteiger charge is -2.33. The van der Waals surface area contributed by atoms with Crippen molar-refractivity contribution in [1.82, 2.24) is 15.1 Å². The predicted octanol–water partition coefficient (Wildman–Crippen LogP) is 2.32. The molecule has 3 fully saturated rings. The van der Waals surface area contributed by atoms with Crippen molar-refractivity contribution in [1.29, 1.82) is 0 Å². The molecule has 0 aromatic rings. The van der Waals surface area contributed by atoms with E-state index in [0.29, 0.717) is 12.1 Å². The standard InChI is InChI=1S/C18H33N3O2/c1-14(2)23-11-10-20-8-6-17(7-9-20)19-18(22)21-12-15-4-3-5-16(15)13-21/h14-17H,3-13H2,1-2H3,(H,19,22)/t15-,16+. The zero-order valence-corrected chi connectivity index (χ0v) is 14.8. The number of hydrogen-bond donors (Lipinski definition) is 1. The van der Waals surface area contributed by atoms with Gasteiger partial charge in [0, 0.05) is 38.8 Å². The van der Waals surface area contributed by atoms with E-state index in [1.807, 2.05) is 0 Å². The van der Waals surface area contributed by atoms with Crippen LogP contribution >= 0.6 is 0 Å². The van der Waals surface area contributed by atoms with E-state index in [0.717, 1.165) is 64.0 Å². The number of urea groups is 1. The van der Waals surface area contributed by atoms with Crippen LogP contribution in [0, 0.1) is 11.8 Å². The van der Waals surface area contributed by atoms with Crippen LogP contribution in [-0.2, 0) is 4.74 Å². The minimum Gasteiger partial charge on any atom is -0.377 e. The lowest BCUT2D eigenvalue weighted by molar-refractivity contribution is 0.0527. The Kier molecular flexibility index (Phi) is 5.81. The molecule has 2 heterocycles. The number of likely N-dealkylation sites (tertiary alicyclic amines) is 2. The summed E-state index contributed by atoms with van der Waals surface area (Å²) >= 11 is 0. The van der Waals surface area contributed by atoms with E-state index in [4.69, 9.17) is 4.74 Å². The molecular formula is C18H33N3O2. The zero-order chi connectivity index (χ0) is 16.2. The summed E-state index contributed by atoms with van der Waals surface area (Å²) in [5, 5.41) is 3.27. The van der Waals surface area contributed by atoms with E-state index < -0.39 is 0 Å². The van der Waals surface area contributed by atoms with E-state index in [1.54, 1.807) is 0 Å². The van der Waals surface area contributed by atoms with Crippen LogP contribution in [0.1, 0.15) is 46.0 Å². The second-order valence-corrected chi connectivity index (χ2v) is 7.84. The summed E-state index contributed by atoms with van der Waals surface area (Å²) in [7, 11) is 0. The SMILES string of the molecule is CC(C)OCCN1CCC(NC(=O)N2C[C@H]3CCC[C@H]3C2)CC1. The van der Waals surface area contributed by atoms with Crippen molar-refractivity contribution in [3.63, 3.8) is 0 Å². The molecule has 132 valence electrons. The molecule has 5 nitrogen and oxygen atoms in total. The molecular weight excluding hydrogens is 290 g/mol. The lowest BCUT2D eigenvalue weighted by Crippen LogP contribution is -2.49. The molecule has 3 aliphatic rings. The number of nitrogens with one attached hydrogen (secondary N) is 1. The normalized spacial score (nSPS) is 29.3. The third-order valence-electron chi connectivity index (χ3n) is 5.79. The number of rotatable bonds is 5. The van der Waals surface area contributed by atoms with E-state index in [1.165, 1.54) is 19.3 Å². The van der Waals surface area contributed by atoms with Crippen molar-refractivity contribution in [2.75, 3.05) is 39.3 Å². The van der Waals surface area contributed by atoms with Crippen LogP contribution in [0.2, 0.25) is 0 Å². The fourth-order valence-electron chi connectivity index (χ4n) is 4.39. The van der Waals surface area contributed by atoms with Gasteiger partial charge in [-0.1, -0.05) is 6.42 Å². The van der Waals surface area contributed by atoms with Crippen molar-refractivity contribution in [3.05, 3.63) is 0 Å². The van der Waals surface area contributed by atoms with E-state index in [-0.39, 0.29) is 6.03 Å². The Morgan fingerprint density at radius 1 is 1.13 bits per heavy atom. The van der Waals surface area contributed by atoms with Crippen LogP contribution < -0.4 is 5.32 Å². The Labute approximate surface area is 140 Å². The molecule has 1 saturated carbocycles. The third kappa shape index (κ3) is 4.60. The summed E-state index contributed by atoms with van der Waals surface area (Å²) in [5.74, 6) is 1.56. The quantitative estimate of drug-likeness (QED) is 0.844. The molecule has 0 spiro atoms. The number of nitrogens with zero attached hydrogens (tertiary/aromatic N) is 2. The number of hydrogen-bond acceptors (Lipinski definition) is 3. The first kappa shape index (κ1) is 17.0. The highest BCUT2D eigenvalue weighted by Crippen LogP contribution is 2.37. The highest BCUT2D eigenvalue weighted by atomic mass is 16.5. The van der Waals surface area contributed by atoms with E-state index >= 15 is 0 Å². The van der Waals surface area contributed by atoms with Gasteiger partial charge in [0.1, 0.15) is 0 Å². The summed E-state index contributed by atoms with van der Waals surface area (Å²) in [6, 6.07) is 0.534. The number of ether oxygens (including phenoxy) is 1. The Hall–Kier alpha value is -0.810. The Balaban J connectivity index is 1.33. The third-order valence-corrected chi connectivity index (χ3v) is 5.79. The Morgan fingerprint density at radius 2 is 1.78 bits per heavy atom. The lowest BCUT2D eigenvalue weighted by atomic mass is 10.0. The van der Waals surface area contributed by atoms with Crippen molar-refractivity contribution in [2.24, 2.45) is 11.8 Å². The number of carbonyl (C=O) groups excluding carboxylic acids is 1. The fraction of sp³-hybridized carbons (Fsp3) is 0.944. The van der Waals surface area contributed by atoms with Gasteiger partial charge in [0.25, 0.3) is 0 Å². The number of amides is 2. The van der Waals surface area contributed by atoms with Crippen molar-refractivity contribution < 1.29 is 9.53 Å². The molecule has 1 N–H and O–H groups in total. The zero-order valence-electron chi connectivity index (χ0n) is 14.8. The molecule has 1 aliphatic carbocycles. The van der Waals surface area contributed by atoms with Gasteiger partial charge in [-0.3, -0.25) is 0 Å². The van der Waals surface area contributed by atoms with Crippen LogP contribution in [0.4, 0.5) is 4.79 Å². The monoisotopic (exact) mass is 323 g/mol. The van der Waals surface area contributed by atoms with Gasteiger partial charge in [-0.05, 0) is 51.4 Å². The molecule has 0 bridgehead atoms. The highest BCUT2D eigenvalue weighted by molar-refractivity contribution is 5.75. The molecule has 0 aromatic carbocycles.